The summed E-state index contributed by atoms with van der Waals surface area (Å²) in [7, 11) is 0. The number of imidazole rings is 1. The lowest BCUT2D eigenvalue weighted by atomic mass is 10.0. The van der Waals surface area contributed by atoms with Crippen LogP contribution in [0.1, 0.15) is 46.9 Å². The summed E-state index contributed by atoms with van der Waals surface area (Å²) in [6.07, 6.45) is 1.19. The number of anilines is 1. The molecule has 0 saturated heterocycles. The van der Waals surface area contributed by atoms with Crippen LogP contribution in [-0.4, -0.2) is 85.9 Å². The van der Waals surface area contributed by atoms with Gasteiger partial charge in [0.1, 0.15) is 24.2 Å². The zero-order chi connectivity index (χ0) is 31.4. The van der Waals surface area contributed by atoms with Gasteiger partial charge in [0.2, 0.25) is 5.91 Å². The number of amides is 3. The van der Waals surface area contributed by atoms with Gasteiger partial charge >= 0.3 is 0 Å². The van der Waals surface area contributed by atoms with Crippen LogP contribution in [0, 0.1) is 0 Å². The van der Waals surface area contributed by atoms with Crippen molar-refractivity contribution < 1.29 is 29.0 Å². The normalized spacial score (nSPS) is 14.8. The second-order valence-corrected chi connectivity index (χ2v) is 11.6. The maximum Gasteiger partial charge on any atom is 0.253 e. The molecule has 2 aromatic heterocycles. The Kier molecular flexibility index (Phi) is 9.80. The molecule has 3 amide bonds. The van der Waals surface area contributed by atoms with Crippen LogP contribution in [0.15, 0.2) is 36.4 Å². The van der Waals surface area contributed by atoms with Gasteiger partial charge in [-0.05, 0) is 40.7 Å². The molecule has 13 heteroatoms. The first kappa shape index (κ1) is 32.0. The lowest BCUT2D eigenvalue weighted by Gasteiger charge is -2.33. The van der Waals surface area contributed by atoms with Crippen molar-refractivity contribution in [3.8, 4) is 0 Å². The first-order chi connectivity index (χ1) is 20.3. The minimum atomic E-state index is -1.09. The summed E-state index contributed by atoms with van der Waals surface area (Å²) >= 11 is 0. The van der Waals surface area contributed by atoms with Crippen molar-refractivity contribution in [3.05, 3.63) is 42.2 Å². The molecule has 13 nitrogen and oxygen atoms in total. The molecule has 3 aromatic rings. The number of aliphatic hydroxyl groups excluding tert-OH is 1. The average molecular weight is 596 g/mol. The standard InChI is InChI=1S/C30H41N7O6/c1-6-42-17-21-34-25-26(19-9-7-8-10-20(19)33-27(25)31)37(21)18-29(2,3)43-16-14-32-28(41)30(4,5)35-22(38)13-15-36-23(39)11-12-24(36)40/h7-12,28,32,41H,6,13-18H2,1-5H3,(H2,31,33)(H,35,38). The molecule has 0 spiro atoms. The number of imide groups is 1. The molecule has 0 radical (unpaired) electrons. The van der Waals surface area contributed by atoms with Crippen molar-refractivity contribution in [2.45, 2.75) is 71.6 Å². The Hall–Kier alpha value is -3.91. The van der Waals surface area contributed by atoms with E-state index >= 15 is 0 Å². The Morgan fingerprint density at radius 2 is 1.81 bits per heavy atom. The SMILES string of the molecule is CCOCc1nc2c(N)nc3ccccc3c2n1CC(C)(C)OCCNC(O)C(C)(C)NC(=O)CCN1C(=O)C=CC1=O. The number of nitrogens with two attached hydrogens (primary N) is 1. The van der Waals surface area contributed by atoms with Gasteiger partial charge in [-0.15, -0.1) is 0 Å². The van der Waals surface area contributed by atoms with E-state index in [-0.39, 0.29) is 19.6 Å². The molecule has 1 aliphatic heterocycles. The van der Waals surface area contributed by atoms with Crippen LogP contribution in [0.3, 0.4) is 0 Å². The Morgan fingerprint density at radius 1 is 1.12 bits per heavy atom. The predicted octanol–water partition coefficient (Wildman–Crippen LogP) is 1.62. The lowest BCUT2D eigenvalue weighted by Crippen LogP contribution is -2.58. The highest BCUT2D eigenvalue weighted by Crippen LogP contribution is 2.30. The number of benzene rings is 1. The molecule has 5 N–H and O–H groups in total. The molecule has 1 aliphatic rings. The van der Waals surface area contributed by atoms with Gasteiger partial charge in [0.15, 0.2) is 5.82 Å². The number of carbonyl (C=O) groups excluding carboxylic acids is 3. The van der Waals surface area contributed by atoms with Gasteiger partial charge in [0, 0.05) is 43.7 Å². The lowest BCUT2D eigenvalue weighted by molar-refractivity contribution is -0.137. The quantitative estimate of drug-likeness (QED) is 0.115. The van der Waals surface area contributed by atoms with E-state index in [1.165, 1.54) is 12.2 Å². The van der Waals surface area contributed by atoms with Gasteiger partial charge in [-0.3, -0.25) is 24.6 Å². The summed E-state index contributed by atoms with van der Waals surface area (Å²) in [5.74, 6) is -0.202. The minimum absolute atomic E-state index is 0.0313. The van der Waals surface area contributed by atoms with Crippen LogP contribution in [0.5, 0.6) is 0 Å². The van der Waals surface area contributed by atoms with Crippen LogP contribution in [0.4, 0.5) is 5.82 Å². The van der Waals surface area contributed by atoms with Crippen LogP contribution >= 0.6 is 0 Å². The zero-order valence-corrected chi connectivity index (χ0v) is 25.3. The van der Waals surface area contributed by atoms with E-state index in [4.69, 9.17) is 20.2 Å². The van der Waals surface area contributed by atoms with Crippen LogP contribution in [0.25, 0.3) is 21.9 Å². The van der Waals surface area contributed by atoms with Crippen molar-refractivity contribution in [1.82, 2.24) is 30.1 Å². The highest BCUT2D eigenvalue weighted by atomic mass is 16.5. The first-order valence-corrected chi connectivity index (χ1v) is 14.3. The minimum Gasteiger partial charge on any atom is -0.382 e. The number of aliphatic hydroxyl groups is 1. The fourth-order valence-corrected chi connectivity index (χ4v) is 4.94. The molecule has 3 heterocycles. The Balaban J connectivity index is 1.35. The topological polar surface area (TPSA) is 174 Å². The van der Waals surface area contributed by atoms with Gasteiger partial charge < -0.3 is 30.2 Å². The number of ether oxygens (including phenoxy) is 2. The Bertz CT molecular complexity index is 1510. The van der Waals surface area contributed by atoms with Crippen molar-refractivity contribution in [1.29, 1.82) is 0 Å². The number of nitrogen functional groups attached to an aromatic ring is 1. The predicted molar refractivity (Wildman–Crippen MR) is 162 cm³/mol. The molecule has 0 saturated carbocycles. The van der Waals surface area contributed by atoms with E-state index in [9.17, 15) is 19.5 Å². The number of pyridine rings is 1. The first-order valence-electron chi connectivity index (χ1n) is 14.3. The van der Waals surface area contributed by atoms with E-state index in [1.54, 1.807) is 13.8 Å². The molecule has 1 unspecified atom stereocenters. The average Bonchev–Trinajstić information content (AvgIpc) is 3.47. The number of hydrogen-bond acceptors (Lipinski definition) is 10. The molecule has 4 rings (SSSR count). The van der Waals surface area contributed by atoms with E-state index < -0.39 is 35.1 Å². The number of fused-ring (bicyclic) bond motifs is 3. The van der Waals surface area contributed by atoms with E-state index in [0.29, 0.717) is 37.6 Å². The molecule has 1 aromatic carbocycles. The molecular formula is C30H41N7O6. The van der Waals surface area contributed by atoms with Gasteiger partial charge in [0.05, 0.1) is 35.3 Å². The number of hydrogen-bond donors (Lipinski definition) is 4. The van der Waals surface area contributed by atoms with E-state index in [2.05, 4.69) is 20.2 Å². The molecule has 43 heavy (non-hydrogen) atoms. The van der Waals surface area contributed by atoms with E-state index in [1.807, 2.05) is 45.0 Å². The fourth-order valence-electron chi connectivity index (χ4n) is 4.94. The van der Waals surface area contributed by atoms with Crippen molar-refractivity contribution >= 4 is 45.5 Å². The van der Waals surface area contributed by atoms with Crippen LogP contribution < -0.4 is 16.4 Å². The molecule has 0 fully saturated rings. The number of rotatable bonds is 15. The summed E-state index contributed by atoms with van der Waals surface area (Å²) in [5.41, 5.74) is 6.90. The Labute approximate surface area is 250 Å². The molecule has 232 valence electrons. The number of carbonyl (C=O) groups is 3. The number of nitrogens with zero attached hydrogens (tertiary/aromatic N) is 4. The number of aromatic nitrogens is 3. The third kappa shape index (κ3) is 7.54. The molecule has 1 atom stereocenters. The summed E-state index contributed by atoms with van der Waals surface area (Å²) in [6, 6.07) is 7.78. The molecular weight excluding hydrogens is 554 g/mol. The van der Waals surface area contributed by atoms with Gasteiger partial charge in [-0.2, -0.15) is 0 Å². The smallest absolute Gasteiger partial charge is 0.253 e. The second-order valence-electron chi connectivity index (χ2n) is 11.6. The molecule has 0 bridgehead atoms. The summed E-state index contributed by atoms with van der Waals surface area (Å²) in [4.78, 5) is 46.1. The van der Waals surface area contributed by atoms with Gasteiger partial charge in [-0.1, -0.05) is 18.2 Å². The van der Waals surface area contributed by atoms with Gasteiger partial charge in [0.25, 0.3) is 11.8 Å². The highest BCUT2D eigenvalue weighted by molar-refractivity contribution is 6.13. The van der Waals surface area contributed by atoms with Gasteiger partial charge in [-0.25, -0.2) is 9.97 Å². The van der Waals surface area contributed by atoms with Crippen molar-refractivity contribution in [2.24, 2.45) is 0 Å². The highest BCUT2D eigenvalue weighted by Gasteiger charge is 2.31. The number of nitrogens with one attached hydrogen (secondary N) is 2. The van der Waals surface area contributed by atoms with Crippen molar-refractivity contribution in [2.75, 3.05) is 32.0 Å². The van der Waals surface area contributed by atoms with Crippen molar-refractivity contribution in [3.63, 3.8) is 0 Å². The summed E-state index contributed by atoms with van der Waals surface area (Å²) < 4.78 is 14.0. The van der Waals surface area contributed by atoms with Crippen LogP contribution in [-0.2, 0) is 37.0 Å². The third-order valence-corrected chi connectivity index (χ3v) is 7.20. The maximum atomic E-state index is 12.5. The second kappa shape index (κ2) is 13.2. The summed E-state index contributed by atoms with van der Waals surface area (Å²) in [5, 5.41) is 17.4. The monoisotopic (exact) mass is 595 g/mol. The van der Waals surface area contributed by atoms with E-state index in [0.717, 1.165) is 27.1 Å². The fraction of sp³-hybridized carbons (Fsp3) is 0.500. The molecule has 0 aliphatic carbocycles. The number of para-hydroxylation sites is 1. The third-order valence-electron chi connectivity index (χ3n) is 7.20. The largest absolute Gasteiger partial charge is 0.382 e. The Morgan fingerprint density at radius 3 is 2.51 bits per heavy atom. The van der Waals surface area contributed by atoms with Crippen LogP contribution in [0.2, 0.25) is 0 Å². The maximum absolute atomic E-state index is 12.5. The summed E-state index contributed by atoms with van der Waals surface area (Å²) in [6.45, 7) is 11.1. The zero-order valence-electron chi connectivity index (χ0n) is 25.3.